The van der Waals surface area contributed by atoms with Crippen LogP contribution < -0.4 is 19.1 Å². The van der Waals surface area contributed by atoms with Gasteiger partial charge in [-0.2, -0.15) is 0 Å². The Hall–Kier alpha value is -2.11. The standard InChI is InChI=1S/C17H17Cl2NO4/c1-20(12-5-7-15(22-2)16(9-12)23-3)17(21)10-24-14-6-4-11(18)8-13(14)19/h4-9H,10H2,1-3H3. The normalized spacial score (nSPS) is 10.2. The second-order valence-corrected chi connectivity index (χ2v) is 5.70. The topological polar surface area (TPSA) is 48.0 Å². The zero-order chi connectivity index (χ0) is 17.7. The predicted molar refractivity (Wildman–Crippen MR) is 94.9 cm³/mol. The summed E-state index contributed by atoms with van der Waals surface area (Å²) in [6.07, 6.45) is 0. The maximum absolute atomic E-state index is 12.3. The van der Waals surface area contributed by atoms with Crippen LogP contribution in [0.25, 0.3) is 0 Å². The van der Waals surface area contributed by atoms with E-state index in [1.54, 1.807) is 50.6 Å². The van der Waals surface area contributed by atoms with Crippen molar-refractivity contribution in [3.8, 4) is 17.2 Å². The molecule has 0 N–H and O–H groups in total. The van der Waals surface area contributed by atoms with Crippen molar-refractivity contribution in [1.82, 2.24) is 0 Å². The predicted octanol–water partition coefficient (Wildman–Crippen LogP) is 4.05. The van der Waals surface area contributed by atoms with Crippen molar-refractivity contribution in [3.05, 3.63) is 46.4 Å². The number of methoxy groups -OCH3 is 2. The van der Waals surface area contributed by atoms with Gasteiger partial charge in [-0.05, 0) is 30.3 Å². The Kier molecular flexibility index (Phi) is 6.17. The van der Waals surface area contributed by atoms with Crippen LogP contribution in [0.1, 0.15) is 0 Å². The smallest absolute Gasteiger partial charge is 0.264 e. The molecule has 0 aliphatic heterocycles. The second kappa shape index (κ2) is 8.13. The lowest BCUT2D eigenvalue weighted by molar-refractivity contribution is -0.120. The molecule has 0 unspecified atom stereocenters. The van der Waals surface area contributed by atoms with E-state index in [-0.39, 0.29) is 12.5 Å². The lowest BCUT2D eigenvalue weighted by atomic mass is 10.2. The Morgan fingerprint density at radius 2 is 1.67 bits per heavy atom. The summed E-state index contributed by atoms with van der Waals surface area (Å²) in [5.74, 6) is 1.28. The third-order valence-corrected chi connectivity index (χ3v) is 3.90. The molecule has 0 heterocycles. The molecule has 1 amide bonds. The number of amides is 1. The Balaban J connectivity index is 2.06. The minimum absolute atomic E-state index is 0.161. The van der Waals surface area contributed by atoms with Crippen LogP contribution >= 0.6 is 23.2 Å². The highest BCUT2D eigenvalue weighted by Gasteiger charge is 2.15. The highest BCUT2D eigenvalue weighted by molar-refractivity contribution is 6.35. The Labute approximate surface area is 150 Å². The molecule has 0 fully saturated rings. The molecule has 24 heavy (non-hydrogen) atoms. The van der Waals surface area contributed by atoms with Crippen molar-refractivity contribution in [2.24, 2.45) is 0 Å². The summed E-state index contributed by atoms with van der Waals surface area (Å²) in [6, 6.07) is 10.0. The van der Waals surface area contributed by atoms with Crippen LogP contribution in [0, 0.1) is 0 Å². The zero-order valence-corrected chi connectivity index (χ0v) is 15.0. The molecule has 0 bridgehead atoms. The number of anilines is 1. The molecule has 0 saturated heterocycles. The van der Waals surface area contributed by atoms with Crippen LogP contribution in [0.4, 0.5) is 5.69 Å². The third kappa shape index (κ3) is 4.24. The molecule has 2 aromatic rings. The van der Waals surface area contributed by atoms with E-state index in [4.69, 9.17) is 37.4 Å². The number of benzene rings is 2. The number of carbonyl (C=O) groups is 1. The summed E-state index contributed by atoms with van der Waals surface area (Å²) in [4.78, 5) is 13.8. The number of halogens is 2. The molecule has 0 aliphatic rings. The molecule has 0 aromatic heterocycles. The number of ether oxygens (including phenoxy) is 3. The van der Waals surface area contributed by atoms with Gasteiger partial charge in [0, 0.05) is 23.8 Å². The molecule has 2 rings (SSSR count). The van der Waals surface area contributed by atoms with Gasteiger partial charge in [-0.3, -0.25) is 4.79 Å². The second-order valence-electron chi connectivity index (χ2n) is 4.86. The zero-order valence-electron chi connectivity index (χ0n) is 13.5. The molecular formula is C17H17Cl2NO4. The fourth-order valence-electron chi connectivity index (χ4n) is 2.01. The van der Waals surface area contributed by atoms with Crippen molar-refractivity contribution in [2.75, 3.05) is 32.8 Å². The number of carbonyl (C=O) groups excluding carboxylic acids is 1. The Morgan fingerprint density at radius 1 is 1.00 bits per heavy atom. The van der Waals surface area contributed by atoms with Crippen molar-refractivity contribution < 1.29 is 19.0 Å². The SMILES string of the molecule is COc1ccc(N(C)C(=O)COc2ccc(Cl)cc2Cl)cc1OC. The lowest BCUT2D eigenvalue weighted by Crippen LogP contribution is -2.31. The maximum atomic E-state index is 12.3. The molecule has 128 valence electrons. The van der Waals surface area contributed by atoms with E-state index >= 15 is 0 Å². The van der Waals surface area contributed by atoms with E-state index in [0.29, 0.717) is 33.0 Å². The van der Waals surface area contributed by atoms with Crippen LogP contribution in [0.15, 0.2) is 36.4 Å². The molecule has 0 aliphatic carbocycles. The van der Waals surface area contributed by atoms with E-state index in [9.17, 15) is 4.79 Å². The van der Waals surface area contributed by atoms with E-state index < -0.39 is 0 Å². The first-order valence-corrected chi connectivity index (χ1v) is 7.78. The average Bonchev–Trinajstić information content (AvgIpc) is 2.59. The maximum Gasteiger partial charge on any atom is 0.264 e. The summed E-state index contributed by atoms with van der Waals surface area (Å²) in [6.45, 7) is -0.161. The first kappa shape index (κ1) is 18.2. The molecule has 5 nitrogen and oxygen atoms in total. The van der Waals surface area contributed by atoms with Gasteiger partial charge in [-0.25, -0.2) is 0 Å². The number of hydrogen-bond donors (Lipinski definition) is 0. The fourth-order valence-corrected chi connectivity index (χ4v) is 2.47. The highest BCUT2D eigenvalue weighted by atomic mass is 35.5. The quantitative estimate of drug-likeness (QED) is 0.770. The van der Waals surface area contributed by atoms with E-state index in [0.717, 1.165) is 0 Å². The van der Waals surface area contributed by atoms with E-state index in [1.807, 2.05) is 0 Å². The fraction of sp³-hybridized carbons (Fsp3) is 0.235. The monoisotopic (exact) mass is 369 g/mol. The van der Waals surface area contributed by atoms with Gasteiger partial charge in [0.2, 0.25) is 0 Å². The number of nitrogens with zero attached hydrogens (tertiary/aromatic N) is 1. The van der Waals surface area contributed by atoms with Gasteiger partial charge >= 0.3 is 0 Å². The largest absolute Gasteiger partial charge is 0.493 e. The van der Waals surface area contributed by atoms with Crippen molar-refractivity contribution in [3.63, 3.8) is 0 Å². The van der Waals surface area contributed by atoms with Gasteiger partial charge in [0.05, 0.1) is 19.2 Å². The molecule has 7 heteroatoms. The van der Waals surface area contributed by atoms with Gasteiger partial charge in [0.1, 0.15) is 5.75 Å². The summed E-state index contributed by atoms with van der Waals surface area (Å²) >= 11 is 11.8. The van der Waals surface area contributed by atoms with Gasteiger partial charge in [0.15, 0.2) is 18.1 Å². The first-order valence-electron chi connectivity index (χ1n) is 7.02. The van der Waals surface area contributed by atoms with Crippen LogP contribution in [0.5, 0.6) is 17.2 Å². The number of hydrogen-bond acceptors (Lipinski definition) is 4. The summed E-state index contributed by atoms with van der Waals surface area (Å²) in [5.41, 5.74) is 0.656. The van der Waals surface area contributed by atoms with Crippen LogP contribution in [-0.2, 0) is 4.79 Å². The molecule has 0 radical (unpaired) electrons. The lowest BCUT2D eigenvalue weighted by Gasteiger charge is -2.19. The van der Waals surface area contributed by atoms with Crippen LogP contribution in [-0.4, -0.2) is 33.8 Å². The summed E-state index contributed by atoms with van der Waals surface area (Å²) in [5, 5.41) is 0.852. The Bertz CT molecular complexity index is 737. The van der Waals surface area contributed by atoms with E-state index in [1.165, 1.54) is 12.0 Å². The van der Waals surface area contributed by atoms with Crippen molar-refractivity contribution in [1.29, 1.82) is 0 Å². The molecule has 0 atom stereocenters. The summed E-state index contributed by atoms with van der Waals surface area (Å²) in [7, 11) is 4.74. The highest BCUT2D eigenvalue weighted by Crippen LogP contribution is 2.31. The van der Waals surface area contributed by atoms with Gasteiger partial charge in [-0.15, -0.1) is 0 Å². The molecular weight excluding hydrogens is 353 g/mol. The minimum atomic E-state index is -0.242. The Morgan fingerprint density at radius 3 is 2.29 bits per heavy atom. The average molecular weight is 370 g/mol. The number of likely N-dealkylation sites (N-methyl/N-ethyl adjacent to an activating group) is 1. The third-order valence-electron chi connectivity index (χ3n) is 3.37. The van der Waals surface area contributed by atoms with Crippen molar-refractivity contribution >= 4 is 34.8 Å². The first-order chi connectivity index (χ1) is 11.5. The summed E-state index contributed by atoms with van der Waals surface area (Å²) < 4.78 is 15.9. The van der Waals surface area contributed by atoms with Crippen LogP contribution in [0.3, 0.4) is 0 Å². The minimum Gasteiger partial charge on any atom is -0.493 e. The van der Waals surface area contributed by atoms with Gasteiger partial charge < -0.3 is 19.1 Å². The van der Waals surface area contributed by atoms with Gasteiger partial charge in [0.25, 0.3) is 5.91 Å². The van der Waals surface area contributed by atoms with Gasteiger partial charge in [-0.1, -0.05) is 23.2 Å². The van der Waals surface area contributed by atoms with Crippen molar-refractivity contribution in [2.45, 2.75) is 0 Å². The number of rotatable bonds is 6. The molecule has 0 saturated carbocycles. The molecule has 2 aromatic carbocycles. The van der Waals surface area contributed by atoms with E-state index in [2.05, 4.69) is 0 Å². The molecule has 0 spiro atoms. The van der Waals surface area contributed by atoms with Crippen LogP contribution in [0.2, 0.25) is 10.0 Å².